The predicted molar refractivity (Wildman–Crippen MR) is 84.2 cm³/mol. The maximum Gasteiger partial charge on any atom is 0.251 e. The molecule has 3 rings (SSSR count). The van der Waals surface area contributed by atoms with E-state index in [4.69, 9.17) is 4.42 Å². The van der Waals surface area contributed by atoms with Crippen LogP contribution in [0, 0.1) is 0 Å². The van der Waals surface area contributed by atoms with E-state index < -0.39 is 0 Å². The minimum absolute atomic E-state index is 0.0664. The molecule has 0 fully saturated rings. The standard InChI is InChI=1S/C16H13BrN2O2/c17-13-4-2-12(3-5-13)16(20)18-8-7-11-1-6-14-15(9-11)21-10-19-14/h1-6,9-10H,7-8H2,(H,18,20). The van der Waals surface area contributed by atoms with Gasteiger partial charge in [0.2, 0.25) is 0 Å². The maximum atomic E-state index is 12.0. The third-order valence-corrected chi connectivity index (χ3v) is 3.73. The average molecular weight is 345 g/mol. The van der Waals surface area contributed by atoms with Gasteiger partial charge in [-0.1, -0.05) is 22.0 Å². The Kier molecular flexibility index (Phi) is 4.01. The zero-order chi connectivity index (χ0) is 14.7. The van der Waals surface area contributed by atoms with E-state index in [0.29, 0.717) is 12.1 Å². The molecule has 1 amide bonds. The highest BCUT2D eigenvalue weighted by Crippen LogP contribution is 2.14. The lowest BCUT2D eigenvalue weighted by atomic mass is 10.1. The normalized spacial score (nSPS) is 10.7. The molecule has 1 aromatic heterocycles. The van der Waals surface area contributed by atoms with Gasteiger partial charge in [-0.05, 0) is 48.4 Å². The molecular formula is C16H13BrN2O2. The summed E-state index contributed by atoms with van der Waals surface area (Å²) in [5, 5.41) is 2.91. The number of halogens is 1. The number of hydrogen-bond donors (Lipinski definition) is 1. The van der Waals surface area contributed by atoms with Crippen molar-refractivity contribution in [2.45, 2.75) is 6.42 Å². The van der Waals surface area contributed by atoms with Crippen LogP contribution in [0.4, 0.5) is 0 Å². The van der Waals surface area contributed by atoms with Gasteiger partial charge in [-0.25, -0.2) is 4.98 Å². The molecule has 0 atom stereocenters. The van der Waals surface area contributed by atoms with Crippen LogP contribution < -0.4 is 5.32 Å². The number of aromatic nitrogens is 1. The van der Waals surface area contributed by atoms with Crippen molar-refractivity contribution >= 4 is 32.9 Å². The SMILES string of the molecule is O=C(NCCc1ccc2ncoc2c1)c1ccc(Br)cc1. The molecule has 1 N–H and O–H groups in total. The first kappa shape index (κ1) is 13.8. The summed E-state index contributed by atoms with van der Waals surface area (Å²) < 4.78 is 6.22. The Morgan fingerprint density at radius 2 is 2.00 bits per heavy atom. The highest BCUT2D eigenvalue weighted by atomic mass is 79.9. The number of carbonyl (C=O) groups is 1. The average Bonchev–Trinajstić information content (AvgIpc) is 2.95. The summed E-state index contributed by atoms with van der Waals surface area (Å²) in [7, 11) is 0. The quantitative estimate of drug-likeness (QED) is 0.787. The number of hydrogen-bond acceptors (Lipinski definition) is 3. The van der Waals surface area contributed by atoms with Crippen LogP contribution in [-0.2, 0) is 6.42 Å². The lowest BCUT2D eigenvalue weighted by Gasteiger charge is -2.05. The predicted octanol–water partition coefficient (Wildman–Crippen LogP) is 3.56. The minimum Gasteiger partial charge on any atom is -0.443 e. The first-order valence-corrected chi connectivity index (χ1v) is 7.37. The lowest BCUT2D eigenvalue weighted by molar-refractivity contribution is 0.0954. The molecule has 0 aliphatic heterocycles. The summed E-state index contributed by atoms with van der Waals surface area (Å²) in [6.45, 7) is 0.578. The fourth-order valence-electron chi connectivity index (χ4n) is 2.08. The monoisotopic (exact) mass is 344 g/mol. The molecule has 21 heavy (non-hydrogen) atoms. The van der Waals surface area contributed by atoms with Crippen LogP contribution in [0.1, 0.15) is 15.9 Å². The van der Waals surface area contributed by atoms with Crippen LogP contribution in [0.3, 0.4) is 0 Å². The van der Waals surface area contributed by atoms with Crippen molar-refractivity contribution in [3.05, 3.63) is 64.5 Å². The number of amides is 1. The van der Waals surface area contributed by atoms with E-state index in [-0.39, 0.29) is 5.91 Å². The van der Waals surface area contributed by atoms with Gasteiger partial charge in [0.15, 0.2) is 12.0 Å². The van der Waals surface area contributed by atoms with Crippen LogP contribution in [0.15, 0.2) is 57.7 Å². The van der Waals surface area contributed by atoms with E-state index in [9.17, 15) is 4.79 Å². The molecule has 0 saturated carbocycles. The van der Waals surface area contributed by atoms with Gasteiger partial charge < -0.3 is 9.73 Å². The Morgan fingerprint density at radius 3 is 2.81 bits per heavy atom. The van der Waals surface area contributed by atoms with E-state index in [1.54, 1.807) is 12.1 Å². The lowest BCUT2D eigenvalue weighted by Crippen LogP contribution is -2.25. The largest absolute Gasteiger partial charge is 0.443 e. The molecule has 0 aliphatic rings. The summed E-state index contributed by atoms with van der Waals surface area (Å²) in [5.74, 6) is -0.0664. The third kappa shape index (κ3) is 3.31. The second-order valence-corrected chi connectivity index (χ2v) is 5.58. The summed E-state index contributed by atoms with van der Waals surface area (Å²) in [4.78, 5) is 16.0. The summed E-state index contributed by atoms with van der Waals surface area (Å²) >= 11 is 3.35. The zero-order valence-corrected chi connectivity index (χ0v) is 12.8. The number of nitrogens with one attached hydrogen (secondary N) is 1. The molecule has 0 saturated heterocycles. The molecule has 3 aromatic rings. The van der Waals surface area contributed by atoms with Gasteiger partial charge in [-0.15, -0.1) is 0 Å². The van der Waals surface area contributed by atoms with Gasteiger partial charge in [0.1, 0.15) is 5.52 Å². The Bertz CT molecular complexity index is 765. The molecule has 5 heteroatoms. The molecular weight excluding hydrogens is 332 g/mol. The Hall–Kier alpha value is -2.14. The molecule has 0 spiro atoms. The topological polar surface area (TPSA) is 55.1 Å². The van der Waals surface area contributed by atoms with Crippen molar-refractivity contribution in [2.24, 2.45) is 0 Å². The number of oxazole rings is 1. The molecule has 4 nitrogen and oxygen atoms in total. The van der Waals surface area contributed by atoms with E-state index in [1.165, 1.54) is 6.39 Å². The second kappa shape index (κ2) is 6.10. The number of carbonyl (C=O) groups excluding carboxylic acids is 1. The van der Waals surface area contributed by atoms with Crippen molar-refractivity contribution in [1.82, 2.24) is 10.3 Å². The van der Waals surface area contributed by atoms with Crippen LogP contribution in [0.25, 0.3) is 11.1 Å². The third-order valence-electron chi connectivity index (χ3n) is 3.20. The summed E-state index contributed by atoms with van der Waals surface area (Å²) in [5.41, 5.74) is 3.38. The van der Waals surface area contributed by atoms with Gasteiger partial charge >= 0.3 is 0 Å². The number of fused-ring (bicyclic) bond motifs is 1. The van der Waals surface area contributed by atoms with Crippen LogP contribution >= 0.6 is 15.9 Å². The van der Waals surface area contributed by atoms with Gasteiger partial charge in [0, 0.05) is 16.6 Å². The van der Waals surface area contributed by atoms with E-state index in [2.05, 4.69) is 26.2 Å². The molecule has 0 bridgehead atoms. The fourth-order valence-corrected chi connectivity index (χ4v) is 2.34. The van der Waals surface area contributed by atoms with Crippen molar-refractivity contribution in [1.29, 1.82) is 0 Å². The first-order chi connectivity index (χ1) is 10.2. The van der Waals surface area contributed by atoms with Crippen LogP contribution in [0.2, 0.25) is 0 Å². The Morgan fingerprint density at radius 1 is 1.19 bits per heavy atom. The summed E-state index contributed by atoms with van der Waals surface area (Å²) in [6.07, 6.45) is 2.18. The number of nitrogens with zero attached hydrogens (tertiary/aromatic N) is 1. The number of rotatable bonds is 4. The van der Waals surface area contributed by atoms with Gasteiger partial charge in [-0.2, -0.15) is 0 Å². The molecule has 0 radical (unpaired) electrons. The van der Waals surface area contributed by atoms with Crippen molar-refractivity contribution in [3.63, 3.8) is 0 Å². The maximum absolute atomic E-state index is 12.0. The smallest absolute Gasteiger partial charge is 0.251 e. The van der Waals surface area contributed by atoms with Gasteiger partial charge in [-0.3, -0.25) is 4.79 Å². The highest BCUT2D eigenvalue weighted by Gasteiger charge is 2.05. The van der Waals surface area contributed by atoms with Crippen LogP contribution in [0.5, 0.6) is 0 Å². The fraction of sp³-hybridized carbons (Fsp3) is 0.125. The molecule has 106 valence electrons. The van der Waals surface area contributed by atoms with Gasteiger partial charge in [0.25, 0.3) is 5.91 Å². The summed E-state index contributed by atoms with van der Waals surface area (Å²) in [6, 6.07) is 13.2. The first-order valence-electron chi connectivity index (χ1n) is 6.58. The molecule has 1 heterocycles. The Labute approximate surface area is 130 Å². The molecule has 0 aliphatic carbocycles. The van der Waals surface area contributed by atoms with E-state index >= 15 is 0 Å². The van der Waals surface area contributed by atoms with E-state index in [1.807, 2.05) is 30.3 Å². The van der Waals surface area contributed by atoms with Gasteiger partial charge in [0.05, 0.1) is 0 Å². The Balaban J connectivity index is 1.57. The number of benzene rings is 2. The zero-order valence-electron chi connectivity index (χ0n) is 11.2. The molecule has 2 aromatic carbocycles. The van der Waals surface area contributed by atoms with Crippen molar-refractivity contribution < 1.29 is 9.21 Å². The van der Waals surface area contributed by atoms with Crippen LogP contribution in [-0.4, -0.2) is 17.4 Å². The van der Waals surface area contributed by atoms with Crippen molar-refractivity contribution in [3.8, 4) is 0 Å². The second-order valence-electron chi connectivity index (χ2n) is 4.67. The van der Waals surface area contributed by atoms with Crippen molar-refractivity contribution in [2.75, 3.05) is 6.54 Å². The van der Waals surface area contributed by atoms with E-state index in [0.717, 1.165) is 27.6 Å². The highest BCUT2D eigenvalue weighted by molar-refractivity contribution is 9.10. The molecule has 0 unspecified atom stereocenters. The minimum atomic E-state index is -0.0664.